The normalized spacial score (nSPS) is 22.8. The van der Waals surface area contributed by atoms with Crippen molar-refractivity contribution < 1.29 is 0 Å². The summed E-state index contributed by atoms with van der Waals surface area (Å²) in [7, 11) is 0. The fourth-order valence-electron chi connectivity index (χ4n) is 2.63. The Hall–Kier alpha value is -0.410. The van der Waals surface area contributed by atoms with Crippen molar-refractivity contribution in [2.75, 3.05) is 6.54 Å². The Morgan fingerprint density at radius 3 is 2.72 bits per heavy atom. The number of nitrogens with zero attached hydrogens (tertiary/aromatic N) is 1. The van der Waals surface area contributed by atoms with Gasteiger partial charge in [-0.2, -0.15) is 0 Å². The van der Waals surface area contributed by atoms with Crippen LogP contribution in [0.4, 0.5) is 0 Å². The molecular formula is C15H23BrN2. The van der Waals surface area contributed by atoms with E-state index < -0.39 is 0 Å². The van der Waals surface area contributed by atoms with E-state index in [-0.39, 0.29) is 0 Å². The van der Waals surface area contributed by atoms with Crippen molar-refractivity contribution in [2.45, 2.75) is 46.1 Å². The van der Waals surface area contributed by atoms with Crippen molar-refractivity contribution in [3.05, 3.63) is 28.5 Å². The first-order valence-electron chi connectivity index (χ1n) is 6.87. The first kappa shape index (κ1) is 14.0. The average molecular weight is 311 g/mol. The fourth-order valence-corrected chi connectivity index (χ4v) is 2.87. The van der Waals surface area contributed by atoms with Crippen molar-refractivity contribution in [3.8, 4) is 0 Å². The van der Waals surface area contributed by atoms with Gasteiger partial charge in [-0.15, -0.1) is 0 Å². The molecule has 18 heavy (non-hydrogen) atoms. The number of nitrogens with one attached hydrogen (secondary N) is 1. The minimum absolute atomic E-state index is 0.515. The highest BCUT2D eigenvalue weighted by molar-refractivity contribution is 9.10. The Kier molecular flexibility index (Phi) is 4.44. The third kappa shape index (κ3) is 3.55. The first-order chi connectivity index (χ1) is 8.53. The molecule has 3 heteroatoms. The van der Waals surface area contributed by atoms with E-state index in [1.165, 1.54) is 18.5 Å². The molecule has 2 nitrogen and oxygen atoms in total. The number of hydrogen-bond acceptors (Lipinski definition) is 2. The summed E-state index contributed by atoms with van der Waals surface area (Å²) in [4.78, 5) is 4.50. The minimum atomic E-state index is 0.515. The molecule has 100 valence electrons. The fraction of sp³-hybridized carbons (Fsp3) is 0.667. The number of rotatable bonds is 6. The van der Waals surface area contributed by atoms with Crippen LogP contribution < -0.4 is 5.32 Å². The van der Waals surface area contributed by atoms with E-state index in [1.807, 2.05) is 6.20 Å². The van der Waals surface area contributed by atoms with Crippen LogP contribution in [-0.2, 0) is 6.42 Å². The van der Waals surface area contributed by atoms with Gasteiger partial charge in [0.05, 0.1) is 0 Å². The Morgan fingerprint density at radius 2 is 2.22 bits per heavy atom. The molecule has 1 aromatic rings. The lowest BCUT2D eigenvalue weighted by Gasteiger charge is -2.20. The zero-order valence-corrected chi connectivity index (χ0v) is 13.1. The molecule has 1 aromatic heterocycles. The van der Waals surface area contributed by atoms with E-state index >= 15 is 0 Å². The molecule has 1 heterocycles. The molecule has 1 N–H and O–H groups in total. The van der Waals surface area contributed by atoms with E-state index in [4.69, 9.17) is 0 Å². The van der Waals surface area contributed by atoms with Gasteiger partial charge in [-0.3, -0.25) is 4.98 Å². The molecule has 1 aliphatic carbocycles. The van der Waals surface area contributed by atoms with Gasteiger partial charge in [0.15, 0.2) is 0 Å². The molecule has 2 unspecified atom stereocenters. The Balaban J connectivity index is 1.99. The van der Waals surface area contributed by atoms with Crippen molar-refractivity contribution in [3.63, 3.8) is 0 Å². The molecule has 1 aliphatic rings. The van der Waals surface area contributed by atoms with Crippen molar-refractivity contribution in [1.29, 1.82) is 0 Å². The van der Waals surface area contributed by atoms with Gasteiger partial charge < -0.3 is 5.32 Å². The second-order valence-electron chi connectivity index (χ2n) is 6.03. The quantitative estimate of drug-likeness (QED) is 0.864. The smallest absolute Gasteiger partial charge is 0.0420 e. The lowest BCUT2D eigenvalue weighted by molar-refractivity contribution is 0.400. The maximum absolute atomic E-state index is 4.50. The molecule has 0 radical (unpaired) electrons. The molecule has 0 spiro atoms. The van der Waals surface area contributed by atoms with Crippen LogP contribution in [-0.4, -0.2) is 17.6 Å². The topological polar surface area (TPSA) is 24.9 Å². The Morgan fingerprint density at radius 1 is 1.50 bits per heavy atom. The van der Waals surface area contributed by atoms with E-state index in [9.17, 15) is 0 Å². The Labute approximate surface area is 119 Å². The van der Waals surface area contributed by atoms with Crippen LogP contribution in [0.1, 0.15) is 39.3 Å². The summed E-state index contributed by atoms with van der Waals surface area (Å²) < 4.78 is 1.05. The van der Waals surface area contributed by atoms with E-state index in [0.29, 0.717) is 11.5 Å². The van der Waals surface area contributed by atoms with Crippen LogP contribution in [0.15, 0.2) is 22.8 Å². The molecule has 0 saturated heterocycles. The van der Waals surface area contributed by atoms with Crippen molar-refractivity contribution in [1.82, 2.24) is 10.3 Å². The van der Waals surface area contributed by atoms with E-state index in [0.717, 1.165) is 23.4 Å². The standard InChI is InChI=1S/C15H23BrN2/c1-4-7-17-14(13-9-15(13,2)3)8-12-6-5-11(16)10-18-12/h5-6,10,13-14,17H,4,7-9H2,1-3H3. The molecule has 2 atom stereocenters. The third-order valence-corrected chi connectivity index (χ3v) is 4.42. The molecule has 2 rings (SSSR count). The Bertz CT molecular complexity index is 386. The summed E-state index contributed by atoms with van der Waals surface area (Å²) in [6, 6.07) is 4.78. The van der Waals surface area contributed by atoms with Crippen LogP contribution in [0.3, 0.4) is 0 Å². The third-order valence-electron chi connectivity index (χ3n) is 3.95. The largest absolute Gasteiger partial charge is 0.313 e. The summed E-state index contributed by atoms with van der Waals surface area (Å²) in [6.07, 6.45) is 5.47. The van der Waals surface area contributed by atoms with Gasteiger partial charge in [-0.25, -0.2) is 0 Å². The van der Waals surface area contributed by atoms with Gasteiger partial charge >= 0.3 is 0 Å². The van der Waals surface area contributed by atoms with Crippen LogP contribution in [0.2, 0.25) is 0 Å². The van der Waals surface area contributed by atoms with E-state index in [1.54, 1.807) is 0 Å². The minimum Gasteiger partial charge on any atom is -0.313 e. The molecule has 1 fully saturated rings. The summed E-state index contributed by atoms with van der Waals surface area (Å²) in [6.45, 7) is 8.06. The molecule has 0 aliphatic heterocycles. The van der Waals surface area contributed by atoms with Gasteiger partial charge in [0.25, 0.3) is 0 Å². The maximum Gasteiger partial charge on any atom is 0.0420 e. The van der Waals surface area contributed by atoms with Crippen molar-refractivity contribution >= 4 is 15.9 Å². The highest BCUT2D eigenvalue weighted by Gasteiger charge is 2.49. The average Bonchev–Trinajstić information content (AvgIpc) is 2.96. The summed E-state index contributed by atoms with van der Waals surface area (Å²) in [5, 5.41) is 3.70. The van der Waals surface area contributed by atoms with Gasteiger partial charge in [-0.05, 0) is 58.8 Å². The zero-order valence-electron chi connectivity index (χ0n) is 11.5. The zero-order chi connectivity index (χ0) is 13.2. The lowest BCUT2D eigenvalue weighted by atomic mass is 9.99. The highest BCUT2D eigenvalue weighted by Crippen LogP contribution is 2.53. The van der Waals surface area contributed by atoms with Gasteiger partial charge in [0.2, 0.25) is 0 Å². The van der Waals surface area contributed by atoms with Crippen LogP contribution in [0.25, 0.3) is 0 Å². The molecule has 0 amide bonds. The summed E-state index contributed by atoms with van der Waals surface area (Å²) in [5.74, 6) is 0.800. The number of pyridine rings is 1. The number of hydrogen-bond donors (Lipinski definition) is 1. The second-order valence-corrected chi connectivity index (χ2v) is 6.95. The van der Waals surface area contributed by atoms with Crippen molar-refractivity contribution in [2.24, 2.45) is 11.3 Å². The SMILES string of the molecule is CCCNC(Cc1ccc(Br)cn1)C1CC1(C)C. The van der Waals surface area contributed by atoms with Crippen LogP contribution in [0.5, 0.6) is 0 Å². The highest BCUT2D eigenvalue weighted by atomic mass is 79.9. The summed E-state index contributed by atoms with van der Waals surface area (Å²) in [5.41, 5.74) is 1.70. The second kappa shape index (κ2) is 5.70. The maximum atomic E-state index is 4.50. The van der Waals surface area contributed by atoms with Gasteiger partial charge in [0.1, 0.15) is 0 Å². The monoisotopic (exact) mass is 310 g/mol. The van der Waals surface area contributed by atoms with Gasteiger partial charge in [-0.1, -0.05) is 20.8 Å². The lowest BCUT2D eigenvalue weighted by Crippen LogP contribution is -2.35. The molecular weight excluding hydrogens is 288 g/mol. The van der Waals surface area contributed by atoms with Gasteiger partial charge in [0, 0.05) is 28.8 Å². The number of halogens is 1. The predicted molar refractivity (Wildman–Crippen MR) is 79.6 cm³/mol. The predicted octanol–water partition coefficient (Wildman–Crippen LogP) is 3.80. The van der Waals surface area contributed by atoms with Crippen LogP contribution >= 0.6 is 15.9 Å². The molecule has 0 bridgehead atoms. The first-order valence-corrected chi connectivity index (χ1v) is 7.66. The summed E-state index contributed by atoms with van der Waals surface area (Å²) >= 11 is 3.43. The van der Waals surface area contributed by atoms with Crippen LogP contribution in [0, 0.1) is 11.3 Å². The molecule has 1 saturated carbocycles. The number of aromatic nitrogens is 1. The van der Waals surface area contributed by atoms with E-state index in [2.05, 4.69) is 59.1 Å². The molecule has 0 aromatic carbocycles.